The van der Waals surface area contributed by atoms with E-state index < -0.39 is 23.6 Å². The normalized spacial score (nSPS) is 18.8. The first-order valence-corrected chi connectivity index (χ1v) is 13.6. The first-order chi connectivity index (χ1) is 20.0. The van der Waals surface area contributed by atoms with Crippen LogP contribution < -0.4 is 20.1 Å². The number of nitrogens with one attached hydrogen (secondary N) is 2. The number of rotatable bonds is 6. The zero-order chi connectivity index (χ0) is 30.2. The Labute approximate surface area is 246 Å². The average molecular weight is 597 g/mol. The fourth-order valence-corrected chi connectivity index (χ4v) is 5.83. The molecule has 0 unspecified atom stereocenters. The number of ketones is 1. The zero-order valence-electron chi connectivity index (χ0n) is 23.1. The van der Waals surface area contributed by atoms with Gasteiger partial charge >= 0.3 is 6.18 Å². The number of anilines is 1. The standard InChI is InChI=1S/C32H28ClF3N2O4/c1-17-28(31(40)38-24-15-20(32(34,35)36)9-11-23(24)33)29(22-16-21(41-2)10-12-27(22)42-3)30-25(37-17)13-19(14-26(30)39)18-7-5-4-6-8-18/h4-12,15-16,19,29,37H,13-14H2,1-3H3,(H,38,40)/t19-,29+/m1/s1. The number of allylic oxidation sites excluding steroid dienone is 3. The van der Waals surface area contributed by atoms with Gasteiger partial charge in [0.2, 0.25) is 0 Å². The minimum absolute atomic E-state index is 0.0618. The van der Waals surface area contributed by atoms with Crippen LogP contribution in [0.2, 0.25) is 5.02 Å². The first kappa shape index (κ1) is 29.3. The largest absolute Gasteiger partial charge is 0.497 e. The highest BCUT2D eigenvalue weighted by atomic mass is 35.5. The lowest BCUT2D eigenvalue weighted by Crippen LogP contribution is -2.37. The Morgan fingerprint density at radius 1 is 1.00 bits per heavy atom. The third-order valence-corrected chi connectivity index (χ3v) is 7.96. The monoisotopic (exact) mass is 596 g/mol. The molecule has 42 heavy (non-hydrogen) atoms. The second-order valence-corrected chi connectivity index (χ2v) is 10.6. The predicted octanol–water partition coefficient (Wildman–Crippen LogP) is 7.38. The van der Waals surface area contributed by atoms with Crippen molar-refractivity contribution in [3.8, 4) is 11.5 Å². The van der Waals surface area contributed by atoms with E-state index in [-0.39, 0.29) is 34.4 Å². The first-order valence-electron chi connectivity index (χ1n) is 13.2. The van der Waals surface area contributed by atoms with Gasteiger partial charge < -0.3 is 20.1 Å². The van der Waals surface area contributed by atoms with Gasteiger partial charge in [0, 0.05) is 34.5 Å². The molecule has 3 aromatic rings. The van der Waals surface area contributed by atoms with Crippen LogP contribution in [0.4, 0.5) is 18.9 Å². The maximum atomic E-state index is 13.9. The summed E-state index contributed by atoms with van der Waals surface area (Å²) in [4.78, 5) is 27.9. The van der Waals surface area contributed by atoms with Crippen molar-refractivity contribution in [2.24, 2.45) is 0 Å². The van der Waals surface area contributed by atoms with Gasteiger partial charge in [-0.3, -0.25) is 9.59 Å². The molecule has 0 aromatic heterocycles. The molecule has 5 rings (SSSR count). The molecular weight excluding hydrogens is 569 g/mol. The highest BCUT2D eigenvalue weighted by Gasteiger charge is 2.42. The molecule has 1 amide bonds. The zero-order valence-corrected chi connectivity index (χ0v) is 23.8. The van der Waals surface area contributed by atoms with Crippen LogP contribution in [0.15, 0.2) is 89.3 Å². The molecule has 1 aliphatic carbocycles. The van der Waals surface area contributed by atoms with Crippen molar-refractivity contribution < 1.29 is 32.2 Å². The fraction of sp³-hybridized carbons (Fsp3) is 0.250. The molecule has 1 aliphatic heterocycles. The number of amides is 1. The number of carbonyl (C=O) groups is 2. The minimum Gasteiger partial charge on any atom is -0.497 e. The maximum Gasteiger partial charge on any atom is 0.416 e. The Hall–Kier alpha value is -4.24. The molecule has 0 spiro atoms. The molecule has 218 valence electrons. The van der Waals surface area contributed by atoms with Crippen LogP contribution in [0, 0.1) is 0 Å². The van der Waals surface area contributed by atoms with Gasteiger partial charge in [0.1, 0.15) is 11.5 Å². The van der Waals surface area contributed by atoms with Gasteiger partial charge in [-0.2, -0.15) is 13.2 Å². The Morgan fingerprint density at radius 2 is 1.74 bits per heavy atom. The third kappa shape index (κ3) is 5.61. The maximum absolute atomic E-state index is 13.9. The Bertz CT molecular complexity index is 1620. The number of Topliss-reactive ketones (excluding diaryl/α,β-unsaturated/α-hetero) is 1. The molecule has 2 atom stereocenters. The Morgan fingerprint density at radius 3 is 2.40 bits per heavy atom. The van der Waals surface area contributed by atoms with Crippen molar-refractivity contribution in [3.63, 3.8) is 0 Å². The molecule has 3 aromatic carbocycles. The summed E-state index contributed by atoms with van der Waals surface area (Å²) in [7, 11) is 2.98. The number of ether oxygens (including phenoxy) is 2. The number of benzene rings is 3. The quantitative estimate of drug-likeness (QED) is 0.311. The highest BCUT2D eigenvalue weighted by Crippen LogP contribution is 2.48. The number of alkyl halides is 3. The number of carbonyl (C=O) groups excluding carboxylic acids is 2. The molecular formula is C32H28ClF3N2O4. The van der Waals surface area contributed by atoms with Crippen LogP contribution >= 0.6 is 11.6 Å². The van der Waals surface area contributed by atoms with Gasteiger partial charge in [-0.25, -0.2) is 0 Å². The highest BCUT2D eigenvalue weighted by molar-refractivity contribution is 6.34. The van der Waals surface area contributed by atoms with Crippen molar-refractivity contribution in [1.82, 2.24) is 5.32 Å². The number of methoxy groups -OCH3 is 2. The Balaban J connectivity index is 1.62. The lowest BCUT2D eigenvalue weighted by molar-refractivity contribution is -0.137. The number of dihydropyridines is 1. The molecule has 0 bridgehead atoms. The van der Waals surface area contributed by atoms with Crippen molar-refractivity contribution in [2.45, 2.75) is 37.8 Å². The van der Waals surface area contributed by atoms with Crippen LogP contribution in [-0.2, 0) is 15.8 Å². The second-order valence-electron chi connectivity index (χ2n) is 10.2. The molecule has 1 heterocycles. The van der Waals surface area contributed by atoms with Crippen LogP contribution in [0.3, 0.4) is 0 Å². The van der Waals surface area contributed by atoms with E-state index in [2.05, 4.69) is 10.6 Å². The number of halogens is 4. The van der Waals surface area contributed by atoms with Gasteiger partial charge in [0.15, 0.2) is 5.78 Å². The molecule has 2 aliphatic rings. The molecule has 10 heteroatoms. The summed E-state index contributed by atoms with van der Waals surface area (Å²) < 4.78 is 51.4. The lowest BCUT2D eigenvalue weighted by atomic mass is 9.71. The van der Waals surface area contributed by atoms with E-state index in [1.165, 1.54) is 14.2 Å². The van der Waals surface area contributed by atoms with E-state index in [9.17, 15) is 22.8 Å². The summed E-state index contributed by atoms with van der Waals surface area (Å²) in [5.74, 6) is -0.911. The van der Waals surface area contributed by atoms with E-state index in [0.717, 1.165) is 23.8 Å². The summed E-state index contributed by atoms with van der Waals surface area (Å²) in [6.45, 7) is 1.70. The van der Waals surface area contributed by atoms with Crippen LogP contribution in [0.25, 0.3) is 0 Å². The van der Waals surface area contributed by atoms with Gasteiger partial charge in [-0.15, -0.1) is 0 Å². The van der Waals surface area contributed by atoms with Gasteiger partial charge in [-0.05, 0) is 61.2 Å². The van der Waals surface area contributed by atoms with E-state index >= 15 is 0 Å². The number of hydrogen-bond donors (Lipinski definition) is 2. The molecule has 0 fully saturated rings. The smallest absolute Gasteiger partial charge is 0.416 e. The number of hydrogen-bond acceptors (Lipinski definition) is 5. The van der Waals surface area contributed by atoms with E-state index in [0.29, 0.717) is 40.5 Å². The molecule has 0 radical (unpaired) electrons. The van der Waals surface area contributed by atoms with Crippen molar-refractivity contribution >= 4 is 29.0 Å². The third-order valence-electron chi connectivity index (χ3n) is 7.63. The molecule has 6 nitrogen and oxygen atoms in total. The van der Waals surface area contributed by atoms with Crippen molar-refractivity contribution in [3.05, 3.63) is 111 Å². The van der Waals surface area contributed by atoms with E-state index in [4.69, 9.17) is 21.1 Å². The molecule has 0 saturated heterocycles. The van der Waals surface area contributed by atoms with Crippen LogP contribution in [0.1, 0.15) is 48.3 Å². The van der Waals surface area contributed by atoms with Crippen LogP contribution in [0.5, 0.6) is 11.5 Å². The lowest BCUT2D eigenvalue weighted by Gasteiger charge is -2.37. The van der Waals surface area contributed by atoms with Crippen LogP contribution in [-0.4, -0.2) is 25.9 Å². The van der Waals surface area contributed by atoms with Gasteiger partial charge in [-0.1, -0.05) is 41.9 Å². The summed E-state index contributed by atoms with van der Waals surface area (Å²) >= 11 is 6.20. The summed E-state index contributed by atoms with van der Waals surface area (Å²) in [6.07, 6.45) is -3.88. The molecule has 2 N–H and O–H groups in total. The second kappa shape index (κ2) is 11.6. The molecule has 0 saturated carbocycles. The summed E-state index contributed by atoms with van der Waals surface area (Å²) in [6, 6.07) is 17.5. The fourth-order valence-electron chi connectivity index (χ4n) is 5.66. The Kier molecular flexibility index (Phi) is 8.06. The van der Waals surface area contributed by atoms with Gasteiger partial charge in [0.25, 0.3) is 5.91 Å². The van der Waals surface area contributed by atoms with Crippen molar-refractivity contribution in [1.29, 1.82) is 0 Å². The average Bonchev–Trinajstić information content (AvgIpc) is 2.96. The van der Waals surface area contributed by atoms with Crippen molar-refractivity contribution in [2.75, 3.05) is 19.5 Å². The SMILES string of the molecule is COc1ccc(OC)c([C@H]2C(C(=O)Nc3cc(C(F)(F)F)ccc3Cl)=C(C)NC3=C2C(=O)C[C@H](c2ccccc2)C3)c1. The van der Waals surface area contributed by atoms with E-state index in [1.54, 1.807) is 25.1 Å². The van der Waals surface area contributed by atoms with E-state index in [1.807, 2.05) is 30.3 Å². The summed E-state index contributed by atoms with van der Waals surface area (Å²) in [5, 5.41) is 5.77. The topological polar surface area (TPSA) is 76.7 Å². The van der Waals surface area contributed by atoms with Gasteiger partial charge in [0.05, 0.1) is 36.4 Å². The summed E-state index contributed by atoms with van der Waals surface area (Å²) in [5.41, 5.74) is 2.06. The predicted molar refractivity (Wildman–Crippen MR) is 154 cm³/mol. The minimum atomic E-state index is -4.63.